The highest BCUT2D eigenvalue weighted by atomic mass is 16.1. The molecule has 1 aliphatic carbocycles. The maximum absolute atomic E-state index is 11.7. The topological polar surface area (TPSA) is 46.9 Å². The molecule has 4 heteroatoms. The van der Waals surface area contributed by atoms with Crippen LogP contribution in [-0.4, -0.2) is 21.5 Å². The van der Waals surface area contributed by atoms with Crippen molar-refractivity contribution in [2.75, 3.05) is 0 Å². The molecule has 0 spiro atoms. The minimum absolute atomic E-state index is 0.114. The number of aryl methyl sites for hydroxylation is 1. The Morgan fingerprint density at radius 1 is 1.53 bits per heavy atom. The van der Waals surface area contributed by atoms with E-state index in [-0.39, 0.29) is 5.91 Å². The maximum atomic E-state index is 11.7. The van der Waals surface area contributed by atoms with Gasteiger partial charge in [-0.05, 0) is 30.5 Å². The van der Waals surface area contributed by atoms with E-state index in [0.717, 1.165) is 29.4 Å². The van der Waals surface area contributed by atoms with Gasteiger partial charge in [-0.2, -0.15) is 0 Å². The fourth-order valence-corrected chi connectivity index (χ4v) is 1.98. The fourth-order valence-electron chi connectivity index (χ4n) is 1.98. The third-order valence-corrected chi connectivity index (χ3v) is 3.10. The molecule has 17 heavy (non-hydrogen) atoms. The third kappa shape index (κ3) is 2.16. The normalized spacial score (nSPS) is 15.1. The summed E-state index contributed by atoms with van der Waals surface area (Å²) in [5.74, 6) is 0.114. The highest BCUT2D eigenvalue weighted by Crippen LogP contribution is 2.19. The van der Waals surface area contributed by atoms with Gasteiger partial charge in [-0.1, -0.05) is 6.07 Å². The largest absolute Gasteiger partial charge is 0.353 e. The lowest BCUT2D eigenvalue weighted by Crippen LogP contribution is -2.26. The van der Waals surface area contributed by atoms with Crippen molar-refractivity contribution in [1.29, 1.82) is 0 Å². The number of aromatic nitrogens is 2. The van der Waals surface area contributed by atoms with Gasteiger partial charge in [-0.15, -0.1) is 0 Å². The number of rotatable bonds is 3. The summed E-state index contributed by atoms with van der Waals surface area (Å²) in [7, 11) is 1.97. The molecule has 88 valence electrons. The number of nitrogens with one attached hydrogen (secondary N) is 1. The minimum atomic E-state index is 0.114. The van der Waals surface area contributed by atoms with Gasteiger partial charge in [0.25, 0.3) is 0 Å². The van der Waals surface area contributed by atoms with Crippen LogP contribution in [0.2, 0.25) is 0 Å². The van der Waals surface area contributed by atoms with Crippen molar-refractivity contribution in [3.05, 3.63) is 30.1 Å². The zero-order valence-electron chi connectivity index (χ0n) is 9.81. The molecule has 0 radical (unpaired) electrons. The molecule has 1 aliphatic rings. The third-order valence-electron chi connectivity index (χ3n) is 3.10. The van der Waals surface area contributed by atoms with Crippen molar-refractivity contribution in [1.82, 2.24) is 14.9 Å². The lowest BCUT2D eigenvalue weighted by molar-refractivity contribution is -0.120. The Labute approximate surface area is 99.6 Å². The van der Waals surface area contributed by atoms with E-state index in [9.17, 15) is 4.79 Å². The molecule has 2 aromatic rings. The van der Waals surface area contributed by atoms with Crippen LogP contribution in [0.25, 0.3) is 11.0 Å². The molecule has 3 rings (SSSR count). The van der Waals surface area contributed by atoms with E-state index >= 15 is 0 Å². The summed E-state index contributed by atoms with van der Waals surface area (Å²) in [6, 6.07) is 6.43. The SMILES string of the molecule is Cn1cnc2cc(CC(=O)NC3CC3)ccc21. The molecule has 1 aromatic carbocycles. The average Bonchev–Trinajstić information content (AvgIpc) is 3.03. The van der Waals surface area contributed by atoms with Gasteiger partial charge in [-0.3, -0.25) is 4.79 Å². The van der Waals surface area contributed by atoms with Crippen LogP contribution >= 0.6 is 0 Å². The van der Waals surface area contributed by atoms with E-state index in [2.05, 4.69) is 10.3 Å². The summed E-state index contributed by atoms with van der Waals surface area (Å²) in [6.07, 6.45) is 4.50. The number of nitrogens with zero attached hydrogens (tertiary/aromatic N) is 2. The summed E-state index contributed by atoms with van der Waals surface area (Å²) in [6.45, 7) is 0. The molecular formula is C13H15N3O. The van der Waals surface area contributed by atoms with Gasteiger partial charge < -0.3 is 9.88 Å². The lowest BCUT2D eigenvalue weighted by atomic mass is 10.1. The quantitative estimate of drug-likeness (QED) is 0.864. The van der Waals surface area contributed by atoms with Crippen molar-refractivity contribution in [3.63, 3.8) is 0 Å². The van der Waals surface area contributed by atoms with Gasteiger partial charge in [0.05, 0.1) is 23.8 Å². The number of benzene rings is 1. The van der Waals surface area contributed by atoms with Crippen LogP contribution in [0.15, 0.2) is 24.5 Å². The minimum Gasteiger partial charge on any atom is -0.353 e. The van der Waals surface area contributed by atoms with Crippen molar-refractivity contribution in [3.8, 4) is 0 Å². The molecule has 0 atom stereocenters. The Morgan fingerprint density at radius 2 is 2.35 bits per heavy atom. The second-order valence-electron chi connectivity index (χ2n) is 4.70. The smallest absolute Gasteiger partial charge is 0.224 e. The summed E-state index contributed by atoms with van der Waals surface area (Å²) in [4.78, 5) is 16.0. The van der Waals surface area contributed by atoms with Gasteiger partial charge in [0.15, 0.2) is 0 Å². The van der Waals surface area contributed by atoms with Crippen molar-refractivity contribution < 1.29 is 4.79 Å². The number of amides is 1. The predicted octanol–water partition coefficient (Wildman–Crippen LogP) is 1.39. The summed E-state index contributed by atoms with van der Waals surface area (Å²) < 4.78 is 1.98. The molecular weight excluding hydrogens is 214 g/mol. The van der Waals surface area contributed by atoms with Crippen LogP contribution in [0.4, 0.5) is 0 Å². The zero-order valence-corrected chi connectivity index (χ0v) is 9.81. The second kappa shape index (κ2) is 3.87. The Bertz CT molecular complexity index is 569. The van der Waals surface area contributed by atoms with Crippen LogP contribution in [-0.2, 0) is 18.3 Å². The van der Waals surface area contributed by atoms with E-state index < -0.39 is 0 Å². The molecule has 1 N–H and O–H groups in total. The van der Waals surface area contributed by atoms with E-state index in [0.29, 0.717) is 12.5 Å². The summed E-state index contributed by atoms with van der Waals surface area (Å²) in [5, 5.41) is 2.99. The molecule has 0 saturated heterocycles. The Kier molecular flexibility index (Phi) is 2.35. The van der Waals surface area contributed by atoms with Crippen LogP contribution < -0.4 is 5.32 Å². The first-order chi connectivity index (χ1) is 8.22. The zero-order chi connectivity index (χ0) is 11.8. The van der Waals surface area contributed by atoms with Gasteiger partial charge in [0, 0.05) is 13.1 Å². The van der Waals surface area contributed by atoms with Crippen molar-refractivity contribution >= 4 is 16.9 Å². The standard InChI is InChI=1S/C13H15N3O/c1-16-8-14-11-6-9(2-5-12(11)16)7-13(17)15-10-3-4-10/h2,5-6,8,10H,3-4,7H2,1H3,(H,15,17). The molecule has 0 bridgehead atoms. The van der Waals surface area contributed by atoms with Gasteiger partial charge in [-0.25, -0.2) is 4.98 Å². The maximum Gasteiger partial charge on any atom is 0.224 e. The average molecular weight is 229 g/mol. The van der Waals surface area contributed by atoms with Crippen LogP contribution in [0.5, 0.6) is 0 Å². The van der Waals surface area contributed by atoms with Gasteiger partial charge in [0.2, 0.25) is 5.91 Å². The Morgan fingerprint density at radius 3 is 3.12 bits per heavy atom. The number of carbonyl (C=O) groups is 1. The highest BCUT2D eigenvalue weighted by molar-refractivity contribution is 5.82. The Balaban J connectivity index is 1.77. The molecule has 4 nitrogen and oxygen atoms in total. The van der Waals surface area contributed by atoms with Crippen molar-refractivity contribution in [2.24, 2.45) is 7.05 Å². The number of hydrogen-bond acceptors (Lipinski definition) is 2. The summed E-state index contributed by atoms with van der Waals surface area (Å²) in [5.41, 5.74) is 3.06. The monoisotopic (exact) mass is 229 g/mol. The lowest BCUT2D eigenvalue weighted by Gasteiger charge is -2.03. The fraction of sp³-hybridized carbons (Fsp3) is 0.385. The van der Waals surface area contributed by atoms with E-state index in [4.69, 9.17) is 0 Å². The first-order valence-corrected chi connectivity index (χ1v) is 5.92. The first kappa shape index (κ1) is 10.3. The van der Waals surface area contributed by atoms with Gasteiger partial charge in [0.1, 0.15) is 0 Å². The van der Waals surface area contributed by atoms with Gasteiger partial charge >= 0.3 is 0 Å². The highest BCUT2D eigenvalue weighted by Gasteiger charge is 2.23. The number of imidazole rings is 1. The van der Waals surface area contributed by atoms with E-state index in [1.54, 1.807) is 6.33 Å². The first-order valence-electron chi connectivity index (χ1n) is 5.92. The number of carbonyl (C=O) groups excluding carboxylic acids is 1. The molecule has 1 fully saturated rings. The summed E-state index contributed by atoms with van der Waals surface area (Å²) >= 11 is 0. The molecule has 1 saturated carbocycles. The number of hydrogen-bond donors (Lipinski definition) is 1. The second-order valence-corrected chi connectivity index (χ2v) is 4.70. The molecule has 1 amide bonds. The predicted molar refractivity (Wildman–Crippen MR) is 65.6 cm³/mol. The molecule has 0 unspecified atom stereocenters. The van der Waals surface area contributed by atoms with Crippen LogP contribution in [0.1, 0.15) is 18.4 Å². The molecule has 1 heterocycles. The van der Waals surface area contributed by atoms with E-state index in [1.165, 1.54) is 0 Å². The molecule has 1 aromatic heterocycles. The van der Waals surface area contributed by atoms with Crippen molar-refractivity contribution in [2.45, 2.75) is 25.3 Å². The Hall–Kier alpha value is -1.84. The van der Waals surface area contributed by atoms with Crippen LogP contribution in [0, 0.1) is 0 Å². The number of fused-ring (bicyclic) bond motifs is 1. The molecule has 0 aliphatic heterocycles. The van der Waals surface area contributed by atoms with Crippen LogP contribution in [0.3, 0.4) is 0 Å². The van der Waals surface area contributed by atoms with E-state index in [1.807, 2.05) is 29.8 Å².